The first-order chi connectivity index (χ1) is 12.5. The van der Waals surface area contributed by atoms with Crippen LogP contribution in [0.15, 0.2) is 18.2 Å². The van der Waals surface area contributed by atoms with E-state index in [2.05, 4.69) is 11.4 Å². The first-order valence-electron chi connectivity index (χ1n) is 9.53. The van der Waals surface area contributed by atoms with Crippen molar-refractivity contribution in [3.63, 3.8) is 0 Å². The van der Waals surface area contributed by atoms with Gasteiger partial charge in [0.1, 0.15) is 0 Å². The van der Waals surface area contributed by atoms with E-state index in [1.165, 1.54) is 64.5 Å². The number of methoxy groups -OCH3 is 1. The van der Waals surface area contributed by atoms with Crippen LogP contribution in [-0.2, 0) is 4.57 Å². The van der Waals surface area contributed by atoms with Crippen LogP contribution in [0.2, 0.25) is 0 Å². The maximum Gasteiger partial charge on any atom is 0.524 e. The van der Waals surface area contributed by atoms with Gasteiger partial charge in [0, 0.05) is 0 Å². The minimum atomic E-state index is -4.64. The number of ether oxygens (including phenoxy) is 2. The minimum absolute atomic E-state index is 0.0265. The van der Waals surface area contributed by atoms with Crippen molar-refractivity contribution in [3.8, 4) is 17.2 Å². The monoisotopic (exact) mass is 388 g/mol. The Kier molecular flexibility index (Phi) is 11.4. The SMILES string of the molecule is CCCCCCCCCCCCOc1cccc(OP(=O)(O)O)c1OC. The molecular formula is C19H33O6P. The van der Waals surface area contributed by atoms with Gasteiger partial charge in [0.25, 0.3) is 0 Å². The molecule has 0 spiro atoms. The van der Waals surface area contributed by atoms with E-state index in [4.69, 9.17) is 19.3 Å². The molecule has 0 saturated carbocycles. The topological polar surface area (TPSA) is 85.2 Å². The highest BCUT2D eigenvalue weighted by Crippen LogP contribution is 2.45. The highest BCUT2D eigenvalue weighted by atomic mass is 31.2. The molecule has 0 aromatic heterocycles. The predicted molar refractivity (Wildman–Crippen MR) is 103 cm³/mol. The summed E-state index contributed by atoms with van der Waals surface area (Å²) in [7, 11) is -3.23. The highest BCUT2D eigenvalue weighted by Gasteiger charge is 2.21. The number of unbranched alkanes of at least 4 members (excludes halogenated alkanes) is 9. The molecule has 26 heavy (non-hydrogen) atoms. The molecule has 0 fully saturated rings. The average Bonchev–Trinajstić information content (AvgIpc) is 2.58. The molecule has 0 unspecified atom stereocenters. The van der Waals surface area contributed by atoms with Gasteiger partial charge >= 0.3 is 7.82 Å². The molecule has 0 radical (unpaired) electrons. The number of hydrogen-bond acceptors (Lipinski definition) is 4. The molecule has 0 atom stereocenters. The second-order valence-corrected chi connectivity index (χ2v) is 7.56. The van der Waals surface area contributed by atoms with Crippen LogP contribution in [0.3, 0.4) is 0 Å². The Morgan fingerprint density at radius 1 is 0.885 bits per heavy atom. The molecule has 7 heteroatoms. The molecule has 150 valence electrons. The summed E-state index contributed by atoms with van der Waals surface area (Å²) >= 11 is 0. The quantitative estimate of drug-likeness (QED) is 0.306. The molecule has 0 heterocycles. The van der Waals surface area contributed by atoms with Crippen molar-refractivity contribution in [2.24, 2.45) is 0 Å². The lowest BCUT2D eigenvalue weighted by molar-refractivity contribution is 0.263. The second-order valence-electron chi connectivity index (χ2n) is 6.40. The lowest BCUT2D eigenvalue weighted by Gasteiger charge is -2.15. The fourth-order valence-corrected chi connectivity index (χ4v) is 3.18. The van der Waals surface area contributed by atoms with Gasteiger partial charge in [-0.2, -0.15) is 0 Å². The highest BCUT2D eigenvalue weighted by molar-refractivity contribution is 7.46. The van der Waals surface area contributed by atoms with Crippen LogP contribution in [-0.4, -0.2) is 23.5 Å². The third-order valence-electron chi connectivity index (χ3n) is 4.12. The van der Waals surface area contributed by atoms with Gasteiger partial charge in [0.2, 0.25) is 5.75 Å². The third-order valence-corrected chi connectivity index (χ3v) is 4.55. The molecule has 1 aromatic carbocycles. The number of hydrogen-bond donors (Lipinski definition) is 2. The summed E-state index contributed by atoms with van der Waals surface area (Å²) in [6, 6.07) is 4.74. The van der Waals surface area contributed by atoms with Crippen LogP contribution in [0.25, 0.3) is 0 Å². The van der Waals surface area contributed by atoms with Crippen molar-refractivity contribution < 1.29 is 28.3 Å². The Labute approximate surface area is 157 Å². The zero-order chi connectivity index (χ0) is 19.3. The number of phosphoric ester groups is 1. The maximum absolute atomic E-state index is 11.0. The van der Waals surface area contributed by atoms with Crippen molar-refractivity contribution in [2.45, 2.75) is 71.1 Å². The van der Waals surface area contributed by atoms with Crippen LogP contribution in [0.1, 0.15) is 71.1 Å². The predicted octanol–water partition coefficient (Wildman–Crippen LogP) is 5.47. The molecule has 2 N–H and O–H groups in total. The fourth-order valence-electron chi connectivity index (χ4n) is 2.78. The molecule has 0 saturated heterocycles. The van der Waals surface area contributed by atoms with Crippen molar-refractivity contribution in [1.29, 1.82) is 0 Å². The molecule has 6 nitrogen and oxygen atoms in total. The molecule has 0 aliphatic heterocycles. The van der Waals surface area contributed by atoms with Crippen molar-refractivity contribution in [3.05, 3.63) is 18.2 Å². The molecule has 0 aliphatic rings. The van der Waals surface area contributed by atoms with Gasteiger partial charge < -0.3 is 14.0 Å². The van der Waals surface area contributed by atoms with Crippen LogP contribution in [0.5, 0.6) is 17.2 Å². The summed E-state index contributed by atoms with van der Waals surface area (Å²) in [6.07, 6.45) is 12.5. The van der Waals surface area contributed by atoms with E-state index >= 15 is 0 Å². The smallest absolute Gasteiger partial charge is 0.490 e. The van der Waals surface area contributed by atoms with Gasteiger partial charge in [-0.1, -0.05) is 70.8 Å². The Balaban J connectivity index is 2.25. The largest absolute Gasteiger partial charge is 0.524 e. The van der Waals surface area contributed by atoms with Gasteiger partial charge in [-0.3, -0.25) is 9.79 Å². The Morgan fingerprint density at radius 2 is 1.42 bits per heavy atom. The molecule has 0 amide bonds. The lowest BCUT2D eigenvalue weighted by Crippen LogP contribution is -2.01. The minimum Gasteiger partial charge on any atom is -0.490 e. The number of para-hydroxylation sites is 1. The van der Waals surface area contributed by atoms with E-state index < -0.39 is 7.82 Å². The summed E-state index contributed by atoms with van der Waals surface area (Å²) in [6.45, 7) is 2.77. The van der Waals surface area contributed by atoms with Crippen molar-refractivity contribution in [2.75, 3.05) is 13.7 Å². The zero-order valence-corrected chi connectivity index (χ0v) is 16.9. The van der Waals surface area contributed by atoms with Gasteiger partial charge in [-0.25, -0.2) is 4.57 Å². The summed E-state index contributed by atoms with van der Waals surface area (Å²) in [5.74, 6) is 0.596. The normalized spacial score (nSPS) is 11.4. The molecule has 0 bridgehead atoms. The van der Waals surface area contributed by atoms with E-state index in [1.54, 1.807) is 12.1 Å². The Morgan fingerprint density at radius 3 is 1.96 bits per heavy atom. The standard InChI is InChI=1S/C19H33O6P/c1-3-4-5-6-7-8-9-10-11-12-16-24-17-14-13-15-18(19(17)23-2)25-26(20,21)22/h13-15H,3-12,16H2,1-2H3,(H2,20,21,22). The average molecular weight is 388 g/mol. The van der Waals surface area contributed by atoms with E-state index in [0.717, 1.165) is 12.8 Å². The lowest BCUT2D eigenvalue weighted by atomic mass is 10.1. The van der Waals surface area contributed by atoms with E-state index in [1.807, 2.05) is 0 Å². The summed E-state index contributed by atoms with van der Waals surface area (Å²) in [5, 5.41) is 0. The summed E-state index contributed by atoms with van der Waals surface area (Å²) in [5.41, 5.74) is 0. The number of rotatable bonds is 15. The van der Waals surface area contributed by atoms with Crippen LogP contribution in [0.4, 0.5) is 0 Å². The fraction of sp³-hybridized carbons (Fsp3) is 0.684. The van der Waals surface area contributed by atoms with Crippen LogP contribution < -0.4 is 14.0 Å². The van der Waals surface area contributed by atoms with Crippen molar-refractivity contribution in [1.82, 2.24) is 0 Å². The van der Waals surface area contributed by atoms with Crippen LogP contribution in [0, 0.1) is 0 Å². The molecule has 1 rings (SSSR count). The van der Waals surface area contributed by atoms with E-state index in [-0.39, 0.29) is 11.5 Å². The van der Waals surface area contributed by atoms with Gasteiger partial charge in [0.05, 0.1) is 13.7 Å². The Hall–Kier alpha value is -1.23. The van der Waals surface area contributed by atoms with Crippen LogP contribution >= 0.6 is 7.82 Å². The molecule has 0 aliphatic carbocycles. The first-order valence-corrected chi connectivity index (χ1v) is 11.1. The summed E-state index contributed by atoms with van der Waals surface area (Å²) < 4.78 is 26.5. The summed E-state index contributed by atoms with van der Waals surface area (Å²) in [4.78, 5) is 17.9. The maximum atomic E-state index is 11.0. The van der Waals surface area contributed by atoms with Gasteiger partial charge in [-0.15, -0.1) is 0 Å². The molecular weight excluding hydrogens is 355 g/mol. The first kappa shape index (κ1) is 22.8. The number of benzene rings is 1. The van der Waals surface area contributed by atoms with E-state index in [0.29, 0.717) is 12.4 Å². The van der Waals surface area contributed by atoms with Crippen molar-refractivity contribution >= 4 is 7.82 Å². The van der Waals surface area contributed by atoms with Gasteiger partial charge in [0.15, 0.2) is 11.5 Å². The van der Waals surface area contributed by atoms with E-state index in [9.17, 15) is 4.57 Å². The Bertz CT molecular complexity index is 543. The van der Waals surface area contributed by atoms with Gasteiger partial charge in [-0.05, 0) is 18.6 Å². The second kappa shape index (κ2) is 13.0. The number of phosphoric acid groups is 1. The molecule has 1 aromatic rings. The zero-order valence-electron chi connectivity index (χ0n) is 16.0. The third kappa shape index (κ3) is 10.0.